The van der Waals surface area contributed by atoms with Crippen molar-refractivity contribution in [3.8, 4) is 23.3 Å². The highest BCUT2D eigenvalue weighted by Gasteiger charge is 2.10. The summed E-state index contributed by atoms with van der Waals surface area (Å²) in [5.41, 5.74) is 0.565. The van der Waals surface area contributed by atoms with E-state index in [4.69, 9.17) is 9.47 Å². The Morgan fingerprint density at radius 2 is 2.25 bits per heavy atom. The Labute approximate surface area is 108 Å². The fraction of sp³-hybridized carbons (Fsp3) is 0.250. The molecule has 0 aliphatic heterocycles. The first kappa shape index (κ1) is 12.8. The molecule has 0 atom stereocenters. The van der Waals surface area contributed by atoms with Crippen LogP contribution in [0.4, 0.5) is 0 Å². The number of ether oxygens (including phenoxy) is 2. The maximum atomic E-state index is 10.7. The number of halogens is 1. The van der Waals surface area contributed by atoms with Gasteiger partial charge in [0.2, 0.25) is 0 Å². The number of rotatable bonds is 4. The quantitative estimate of drug-likeness (QED) is 0.483. The van der Waals surface area contributed by atoms with Crippen molar-refractivity contribution in [2.24, 2.45) is 0 Å². The van der Waals surface area contributed by atoms with Crippen molar-refractivity contribution in [3.63, 3.8) is 0 Å². The Hall–Kier alpha value is -1.22. The average Bonchev–Trinajstić information content (AvgIpc) is 2.30. The van der Waals surface area contributed by atoms with Crippen molar-refractivity contribution >= 4 is 28.9 Å². The zero-order chi connectivity index (χ0) is 12.0. The molecule has 1 aromatic carbocycles. The molecular weight excluding hydrogens is 319 g/mol. The third-order valence-corrected chi connectivity index (χ3v) is 2.65. The second-order valence-electron chi connectivity index (χ2n) is 2.87. The monoisotopic (exact) mass is 330 g/mol. The van der Waals surface area contributed by atoms with E-state index in [-0.39, 0.29) is 0 Å². The molecule has 0 N–H and O–H groups in total. The van der Waals surface area contributed by atoms with Crippen LogP contribution < -0.4 is 9.47 Å². The van der Waals surface area contributed by atoms with Gasteiger partial charge in [-0.1, -0.05) is 5.92 Å². The molecule has 0 spiro atoms. The lowest BCUT2D eigenvalue weighted by atomic mass is 10.2. The summed E-state index contributed by atoms with van der Waals surface area (Å²) in [7, 11) is 1.54. The summed E-state index contributed by atoms with van der Waals surface area (Å²) in [6.07, 6.45) is 0.778. The molecule has 4 heteroatoms. The molecule has 16 heavy (non-hydrogen) atoms. The molecule has 1 rings (SSSR count). The Balaban J connectivity index is 3.04. The zero-order valence-electron chi connectivity index (χ0n) is 9.04. The number of methoxy groups -OCH3 is 1. The minimum absolute atomic E-state index is 0.309. The zero-order valence-corrected chi connectivity index (χ0v) is 11.2. The van der Waals surface area contributed by atoms with Gasteiger partial charge >= 0.3 is 0 Å². The van der Waals surface area contributed by atoms with Gasteiger partial charge in [0.1, 0.15) is 12.9 Å². The predicted molar refractivity (Wildman–Crippen MR) is 70.0 cm³/mol. The number of carbonyl (C=O) groups excluding carboxylic acids is 1. The normalized spacial score (nSPS) is 8.94. The number of benzene rings is 1. The largest absolute Gasteiger partial charge is 0.493 e. The van der Waals surface area contributed by atoms with Gasteiger partial charge in [0, 0.05) is 5.56 Å². The van der Waals surface area contributed by atoms with Crippen LogP contribution in [0, 0.1) is 15.4 Å². The van der Waals surface area contributed by atoms with Crippen LogP contribution in [0.25, 0.3) is 0 Å². The van der Waals surface area contributed by atoms with Gasteiger partial charge < -0.3 is 9.47 Å². The second-order valence-corrected chi connectivity index (χ2v) is 4.03. The van der Waals surface area contributed by atoms with E-state index in [1.165, 1.54) is 0 Å². The molecule has 0 aromatic heterocycles. The molecule has 0 fully saturated rings. The first-order valence-corrected chi connectivity index (χ1v) is 5.66. The standard InChI is InChI=1S/C12H11IO3/c1-3-4-5-16-12-10(13)6-9(8-14)7-11(12)15-2/h6-8H,5H2,1-2H3. The molecular formula is C12H11IO3. The molecule has 0 aliphatic carbocycles. The van der Waals surface area contributed by atoms with E-state index in [0.717, 1.165) is 9.86 Å². The van der Waals surface area contributed by atoms with Crippen LogP contribution in [0.5, 0.6) is 11.5 Å². The first-order valence-electron chi connectivity index (χ1n) is 4.58. The van der Waals surface area contributed by atoms with Gasteiger partial charge in [-0.3, -0.25) is 4.79 Å². The maximum Gasteiger partial charge on any atom is 0.175 e. The van der Waals surface area contributed by atoms with E-state index < -0.39 is 0 Å². The van der Waals surface area contributed by atoms with Crippen molar-refractivity contribution in [1.29, 1.82) is 0 Å². The highest BCUT2D eigenvalue weighted by Crippen LogP contribution is 2.33. The maximum absolute atomic E-state index is 10.7. The summed E-state index contributed by atoms with van der Waals surface area (Å²) in [6, 6.07) is 3.38. The lowest BCUT2D eigenvalue weighted by molar-refractivity contribution is 0.112. The molecule has 0 radical (unpaired) electrons. The summed E-state index contributed by atoms with van der Waals surface area (Å²) >= 11 is 2.10. The molecule has 0 aliphatic rings. The summed E-state index contributed by atoms with van der Waals surface area (Å²) in [5, 5.41) is 0. The SMILES string of the molecule is CC#CCOc1c(I)cc(C=O)cc1OC. The molecule has 84 valence electrons. The summed E-state index contributed by atoms with van der Waals surface area (Å²) < 4.78 is 11.5. The van der Waals surface area contributed by atoms with Crippen LogP contribution in [0.1, 0.15) is 17.3 Å². The minimum Gasteiger partial charge on any atom is -0.493 e. The van der Waals surface area contributed by atoms with Gasteiger partial charge in [0.05, 0.1) is 10.7 Å². The van der Waals surface area contributed by atoms with E-state index in [0.29, 0.717) is 23.7 Å². The number of carbonyl (C=O) groups is 1. The Bertz CT molecular complexity index is 444. The second kappa shape index (κ2) is 6.38. The first-order chi connectivity index (χ1) is 7.72. The minimum atomic E-state index is 0.309. The van der Waals surface area contributed by atoms with Gasteiger partial charge in [-0.05, 0) is 41.6 Å². The van der Waals surface area contributed by atoms with Gasteiger partial charge in [0.15, 0.2) is 11.5 Å². The fourth-order valence-corrected chi connectivity index (χ4v) is 1.91. The van der Waals surface area contributed by atoms with Gasteiger partial charge in [-0.25, -0.2) is 0 Å². The molecule has 0 saturated heterocycles. The summed E-state index contributed by atoms with van der Waals surface area (Å²) in [4.78, 5) is 10.7. The molecule has 0 unspecified atom stereocenters. The van der Waals surface area contributed by atoms with Crippen LogP contribution >= 0.6 is 22.6 Å². The average molecular weight is 330 g/mol. The fourth-order valence-electron chi connectivity index (χ4n) is 1.13. The Kier molecular flexibility index (Phi) is 5.12. The van der Waals surface area contributed by atoms with Crippen LogP contribution in [-0.2, 0) is 0 Å². The topological polar surface area (TPSA) is 35.5 Å². The van der Waals surface area contributed by atoms with Crippen molar-refractivity contribution in [1.82, 2.24) is 0 Å². The van der Waals surface area contributed by atoms with Crippen molar-refractivity contribution in [2.75, 3.05) is 13.7 Å². The lowest BCUT2D eigenvalue weighted by Crippen LogP contribution is -2.00. The predicted octanol–water partition coefficient (Wildman–Crippen LogP) is 2.51. The van der Waals surface area contributed by atoms with E-state index in [1.807, 2.05) is 0 Å². The summed E-state index contributed by atoms with van der Waals surface area (Å²) in [6.45, 7) is 2.06. The van der Waals surface area contributed by atoms with Crippen LogP contribution in [0.15, 0.2) is 12.1 Å². The third-order valence-electron chi connectivity index (χ3n) is 1.85. The van der Waals surface area contributed by atoms with E-state index >= 15 is 0 Å². The van der Waals surface area contributed by atoms with Gasteiger partial charge in [-0.2, -0.15) is 0 Å². The molecule has 0 heterocycles. The van der Waals surface area contributed by atoms with E-state index in [2.05, 4.69) is 34.4 Å². The number of aldehydes is 1. The highest BCUT2D eigenvalue weighted by atomic mass is 127. The third kappa shape index (κ3) is 3.14. The Morgan fingerprint density at radius 3 is 2.81 bits per heavy atom. The molecule has 1 aromatic rings. The lowest BCUT2D eigenvalue weighted by Gasteiger charge is -2.11. The Morgan fingerprint density at radius 1 is 1.50 bits per heavy atom. The highest BCUT2D eigenvalue weighted by molar-refractivity contribution is 14.1. The van der Waals surface area contributed by atoms with Crippen molar-refractivity contribution in [3.05, 3.63) is 21.3 Å². The number of hydrogen-bond acceptors (Lipinski definition) is 3. The van der Waals surface area contributed by atoms with E-state index in [1.54, 1.807) is 26.2 Å². The van der Waals surface area contributed by atoms with E-state index in [9.17, 15) is 4.79 Å². The van der Waals surface area contributed by atoms with Crippen molar-refractivity contribution < 1.29 is 14.3 Å². The summed E-state index contributed by atoms with van der Waals surface area (Å²) in [5.74, 6) is 6.72. The van der Waals surface area contributed by atoms with Crippen LogP contribution in [-0.4, -0.2) is 20.0 Å². The van der Waals surface area contributed by atoms with Crippen LogP contribution in [0.3, 0.4) is 0 Å². The van der Waals surface area contributed by atoms with Gasteiger partial charge in [0.25, 0.3) is 0 Å². The number of hydrogen-bond donors (Lipinski definition) is 0. The smallest absolute Gasteiger partial charge is 0.175 e. The molecule has 0 amide bonds. The molecule has 3 nitrogen and oxygen atoms in total. The molecule has 0 saturated carbocycles. The molecule has 0 bridgehead atoms. The van der Waals surface area contributed by atoms with Crippen LogP contribution in [0.2, 0.25) is 0 Å². The van der Waals surface area contributed by atoms with Gasteiger partial charge in [-0.15, -0.1) is 5.92 Å². The van der Waals surface area contributed by atoms with Crippen molar-refractivity contribution in [2.45, 2.75) is 6.92 Å².